The van der Waals surface area contributed by atoms with Crippen molar-refractivity contribution in [1.82, 2.24) is 4.90 Å². The number of rotatable bonds is 15. The van der Waals surface area contributed by atoms with Crippen molar-refractivity contribution in [1.29, 1.82) is 0 Å². The van der Waals surface area contributed by atoms with Gasteiger partial charge in [-0.1, -0.05) is 50.1 Å². The van der Waals surface area contributed by atoms with Crippen LogP contribution in [0.15, 0.2) is 77.8 Å². The number of esters is 1. The molecule has 3 aromatic carbocycles. The van der Waals surface area contributed by atoms with E-state index in [0.29, 0.717) is 41.7 Å². The summed E-state index contributed by atoms with van der Waals surface area (Å²) in [5.41, 5.74) is 2.63. The lowest BCUT2D eigenvalue weighted by atomic mass is 10.1. The zero-order chi connectivity index (χ0) is 32.0. The Kier molecular flexibility index (Phi) is 12.9. The van der Waals surface area contributed by atoms with E-state index in [4.69, 9.17) is 19.2 Å². The number of benzene rings is 3. The number of hydrogen-bond donors (Lipinski definition) is 1. The van der Waals surface area contributed by atoms with Gasteiger partial charge in [0.15, 0.2) is 5.17 Å². The third-order valence-corrected chi connectivity index (χ3v) is 8.39. The average Bonchev–Trinajstić information content (AvgIpc) is 3.05. The number of carbonyl (C=O) groups is 3. The molecule has 1 unspecified atom stereocenters. The third kappa shape index (κ3) is 10.1. The first-order valence-corrected chi connectivity index (χ1v) is 16.3. The first kappa shape index (κ1) is 33.6. The molecule has 1 aliphatic heterocycles. The fourth-order valence-electron chi connectivity index (χ4n) is 4.67. The van der Waals surface area contributed by atoms with E-state index in [1.807, 2.05) is 36.4 Å². The summed E-state index contributed by atoms with van der Waals surface area (Å²) >= 11 is 1.25. The summed E-state index contributed by atoms with van der Waals surface area (Å²) in [7, 11) is 1.62. The number of nitrogens with one attached hydrogen (secondary N) is 1. The first-order valence-electron chi connectivity index (χ1n) is 15.4. The van der Waals surface area contributed by atoms with E-state index >= 15 is 0 Å². The zero-order valence-corrected chi connectivity index (χ0v) is 26.9. The highest BCUT2D eigenvalue weighted by atomic mass is 32.2. The summed E-state index contributed by atoms with van der Waals surface area (Å²) in [6, 6.07) is 21.6. The molecule has 45 heavy (non-hydrogen) atoms. The van der Waals surface area contributed by atoms with E-state index in [0.717, 1.165) is 29.9 Å². The largest absolute Gasteiger partial charge is 0.497 e. The Morgan fingerprint density at radius 1 is 0.933 bits per heavy atom. The molecular weight excluding hydrogens is 590 g/mol. The van der Waals surface area contributed by atoms with E-state index in [1.54, 1.807) is 55.3 Å². The Morgan fingerprint density at radius 2 is 1.64 bits per heavy atom. The molecule has 0 aliphatic carbocycles. The van der Waals surface area contributed by atoms with Crippen molar-refractivity contribution in [2.45, 2.75) is 57.6 Å². The number of amides is 2. The van der Waals surface area contributed by atoms with Gasteiger partial charge in [-0.3, -0.25) is 14.5 Å². The second-order valence-electron chi connectivity index (χ2n) is 10.5. The molecule has 2 amide bonds. The van der Waals surface area contributed by atoms with Crippen LogP contribution in [0, 0.1) is 0 Å². The van der Waals surface area contributed by atoms with Gasteiger partial charge in [-0.2, -0.15) is 0 Å². The molecule has 1 fully saturated rings. The van der Waals surface area contributed by atoms with Gasteiger partial charge in [-0.25, -0.2) is 9.79 Å². The summed E-state index contributed by atoms with van der Waals surface area (Å²) < 4.78 is 16.1. The fourth-order valence-corrected chi connectivity index (χ4v) is 5.79. The summed E-state index contributed by atoms with van der Waals surface area (Å²) in [4.78, 5) is 45.3. The maximum absolute atomic E-state index is 13.5. The quantitative estimate of drug-likeness (QED) is 0.142. The van der Waals surface area contributed by atoms with Crippen molar-refractivity contribution in [3.05, 3.63) is 83.9 Å². The van der Waals surface area contributed by atoms with Crippen LogP contribution in [0.1, 0.15) is 61.9 Å². The minimum Gasteiger partial charge on any atom is -0.497 e. The molecule has 9 nitrogen and oxygen atoms in total. The molecule has 1 heterocycles. The molecule has 238 valence electrons. The van der Waals surface area contributed by atoms with Crippen LogP contribution in [0.4, 0.5) is 11.4 Å². The predicted octanol–water partition coefficient (Wildman–Crippen LogP) is 7.03. The molecule has 1 atom stereocenters. The Morgan fingerprint density at radius 3 is 2.31 bits per heavy atom. The Bertz CT molecular complexity index is 1440. The summed E-state index contributed by atoms with van der Waals surface area (Å²) in [5.74, 6) is 0.638. The lowest BCUT2D eigenvalue weighted by Crippen LogP contribution is -2.46. The van der Waals surface area contributed by atoms with Gasteiger partial charge in [0.25, 0.3) is 0 Å². The van der Waals surface area contributed by atoms with Gasteiger partial charge >= 0.3 is 5.97 Å². The lowest BCUT2D eigenvalue weighted by Gasteiger charge is -2.32. The normalized spacial score (nSPS) is 15.5. The van der Waals surface area contributed by atoms with Crippen LogP contribution in [0.25, 0.3) is 0 Å². The minimum absolute atomic E-state index is 0.0406. The minimum atomic E-state index is -0.665. The number of aliphatic imine (C=N–C) groups is 1. The maximum atomic E-state index is 13.5. The number of methoxy groups -OCH3 is 1. The maximum Gasteiger partial charge on any atom is 0.338 e. The van der Waals surface area contributed by atoms with Crippen molar-refractivity contribution in [2.24, 2.45) is 4.99 Å². The molecular formula is C35H41N3O6S. The van der Waals surface area contributed by atoms with Gasteiger partial charge in [0.1, 0.15) is 16.7 Å². The second-order valence-corrected chi connectivity index (χ2v) is 11.7. The highest BCUT2D eigenvalue weighted by Gasteiger charge is 2.36. The number of ether oxygens (including phenoxy) is 3. The van der Waals surface area contributed by atoms with Crippen LogP contribution in [0.5, 0.6) is 11.5 Å². The van der Waals surface area contributed by atoms with E-state index in [1.165, 1.54) is 24.6 Å². The number of hydrogen-bond acceptors (Lipinski definition) is 8. The number of carbonyl (C=O) groups excluding carboxylic acids is 3. The summed E-state index contributed by atoms with van der Waals surface area (Å²) in [6.07, 6.45) is 5.17. The number of nitrogens with zero attached hydrogens (tertiary/aromatic N) is 2. The lowest BCUT2D eigenvalue weighted by molar-refractivity contribution is -0.129. The van der Waals surface area contributed by atoms with E-state index in [-0.39, 0.29) is 24.8 Å². The van der Waals surface area contributed by atoms with Crippen molar-refractivity contribution < 1.29 is 28.6 Å². The molecule has 0 spiro atoms. The van der Waals surface area contributed by atoms with E-state index < -0.39 is 11.2 Å². The smallest absolute Gasteiger partial charge is 0.338 e. The Hall–Kier alpha value is -4.31. The molecule has 1 aliphatic rings. The zero-order valence-electron chi connectivity index (χ0n) is 26.1. The van der Waals surface area contributed by atoms with Crippen molar-refractivity contribution >= 4 is 46.1 Å². The first-order chi connectivity index (χ1) is 21.9. The van der Waals surface area contributed by atoms with Crippen molar-refractivity contribution in [3.63, 3.8) is 0 Å². The second kappa shape index (κ2) is 17.2. The highest BCUT2D eigenvalue weighted by molar-refractivity contribution is 8.15. The molecule has 0 radical (unpaired) electrons. The van der Waals surface area contributed by atoms with Gasteiger partial charge in [0.2, 0.25) is 11.8 Å². The SMILES string of the molecule is CCCCCCOc1ccc(NC(=O)C2CC(=O)N(CCc3ccc(OC)cc3)C(=Nc3ccc(C(=O)OCC)cc3)S2)cc1. The van der Waals surface area contributed by atoms with E-state index in [9.17, 15) is 14.4 Å². The van der Waals surface area contributed by atoms with Gasteiger partial charge < -0.3 is 19.5 Å². The molecule has 0 saturated carbocycles. The summed E-state index contributed by atoms with van der Waals surface area (Å²) in [5, 5.41) is 2.70. The van der Waals surface area contributed by atoms with Crippen LogP contribution in [0.3, 0.4) is 0 Å². The molecule has 0 bridgehead atoms. The van der Waals surface area contributed by atoms with Gasteiger partial charge in [0, 0.05) is 18.7 Å². The van der Waals surface area contributed by atoms with Crippen molar-refractivity contribution in [3.8, 4) is 11.5 Å². The Balaban J connectivity index is 1.46. The van der Waals surface area contributed by atoms with Crippen LogP contribution in [0.2, 0.25) is 0 Å². The van der Waals surface area contributed by atoms with Gasteiger partial charge in [-0.15, -0.1) is 0 Å². The number of thioether (sulfide) groups is 1. The van der Waals surface area contributed by atoms with Crippen LogP contribution in [-0.2, 0) is 20.7 Å². The molecule has 1 saturated heterocycles. The monoisotopic (exact) mass is 631 g/mol. The van der Waals surface area contributed by atoms with Crippen LogP contribution in [-0.4, -0.2) is 60.0 Å². The fraction of sp³-hybridized carbons (Fsp3) is 0.371. The van der Waals surface area contributed by atoms with Gasteiger partial charge in [-0.05, 0) is 86.0 Å². The standard InChI is InChI=1S/C35H41N3O6S/c1-4-6-7-8-23-44-30-19-15-27(16-20-30)36-33(40)31-24-32(39)38(22-21-25-9-17-29(42-3)18-10-25)35(45-31)37-28-13-11-26(12-14-28)34(41)43-5-2/h9-20,31H,4-8,21-24H2,1-3H3,(H,36,40). The number of unbranched alkanes of at least 4 members (excludes halogenated alkanes) is 3. The highest BCUT2D eigenvalue weighted by Crippen LogP contribution is 2.31. The molecule has 3 aromatic rings. The predicted molar refractivity (Wildman–Crippen MR) is 179 cm³/mol. The van der Waals surface area contributed by atoms with Crippen LogP contribution >= 0.6 is 11.8 Å². The molecule has 10 heteroatoms. The van der Waals surface area contributed by atoms with Crippen molar-refractivity contribution in [2.75, 3.05) is 32.2 Å². The average molecular weight is 632 g/mol. The van der Waals surface area contributed by atoms with Gasteiger partial charge in [0.05, 0.1) is 31.6 Å². The van der Waals surface area contributed by atoms with E-state index in [2.05, 4.69) is 12.2 Å². The summed E-state index contributed by atoms with van der Waals surface area (Å²) in [6.45, 7) is 5.27. The number of amidine groups is 1. The number of anilines is 1. The third-order valence-electron chi connectivity index (χ3n) is 7.21. The molecule has 4 rings (SSSR count). The molecule has 0 aromatic heterocycles. The Labute approximate surface area is 269 Å². The topological polar surface area (TPSA) is 107 Å². The molecule has 1 N–H and O–H groups in total. The van der Waals surface area contributed by atoms with Crippen LogP contribution < -0.4 is 14.8 Å².